The predicted molar refractivity (Wildman–Crippen MR) is 106 cm³/mol. The summed E-state index contributed by atoms with van der Waals surface area (Å²) in [6.07, 6.45) is -13.4. The topological polar surface area (TPSA) is 63.2 Å². The van der Waals surface area contributed by atoms with Crippen LogP contribution in [0.2, 0.25) is 0 Å². The number of carbonyl (C=O) groups is 1. The molecule has 0 spiro atoms. The number of nitrogens with one attached hydrogen (secondary N) is 1. The van der Waals surface area contributed by atoms with Crippen molar-refractivity contribution >= 4 is 15.7 Å². The summed E-state index contributed by atoms with van der Waals surface area (Å²) in [5.74, 6) is -1.44. The third-order valence-electron chi connectivity index (χ3n) is 6.60. The molecule has 2 aromatic carbocycles. The lowest BCUT2D eigenvalue weighted by Gasteiger charge is -2.35. The first-order valence-electron chi connectivity index (χ1n) is 10.3. The molecule has 13 heteroatoms. The average Bonchev–Trinajstić information content (AvgIpc) is 3.01. The third-order valence-corrected chi connectivity index (χ3v) is 9.10. The molecule has 0 bridgehead atoms. The van der Waals surface area contributed by atoms with E-state index in [-0.39, 0.29) is 41.4 Å². The van der Waals surface area contributed by atoms with Crippen LogP contribution in [-0.4, -0.2) is 32.7 Å². The molecule has 0 radical (unpaired) electrons. The van der Waals surface area contributed by atoms with Gasteiger partial charge in [0.05, 0.1) is 17.4 Å². The second kappa shape index (κ2) is 7.90. The van der Waals surface area contributed by atoms with Crippen LogP contribution in [0.15, 0.2) is 47.4 Å². The van der Waals surface area contributed by atoms with E-state index in [9.17, 15) is 48.3 Å². The van der Waals surface area contributed by atoms with Crippen molar-refractivity contribution in [1.29, 1.82) is 0 Å². The number of carbonyl (C=O) groups excluding carboxylic acids is 1. The number of fused-ring (bicyclic) bond motifs is 3. The molecule has 1 amide bonds. The van der Waals surface area contributed by atoms with E-state index in [2.05, 4.69) is 5.32 Å². The van der Waals surface area contributed by atoms with Crippen LogP contribution in [0.3, 0.4) is 0 Å². The Morgan fingerprint density at radius 2 is 1.51 bits per heavy atom. The summed E-state index contributed by atoms with van der Waals surface area (Å²) in [6, 6.07) is 3.95. The molecule has 2 aromatic rings. The van der Waals surface area contributed by atoms with Crippen molar-refractivity contribution in [1.82, 2.24) is 5.32 Å². The number of alkyl halides is 7. The van der Waals surface area contributed by atoms with E-state index in [1.54, 1.807) is 0 Å². The molecule has 190 valence electrons. The van der Waals surface area contributed by atoms with Crippen molar-refractivity contribution in [2.24, 2.45) is 0 Å². The number of halogens is 8. The molecule has 35 heavy (non-hydrogen) atoms. The predicted octanol–water partition coefficient (Wildman–Crippen LogP) is 5.01. The van der Waals surface area contributed by atoms with Gasteiger partial charge in [-0.15, -0.1) is 0 Å². The molecule has 4 nitrogen and oxygen atoms in total. The number of sulfone groups is 1. The fourth-order valence-corrected chi connectivity index (χ4v) is 7.25. The van der Waals surface area contributed by atoms with Crippen LogP contribution in [-0.2, 0) is 31.5 Å². The molecule has 0 aromatic heterocycles. The maximum absolute atomic E-state index is 14.7. The lowest BCUT2D eigenvalue weighted by Crippen LogP contribution is -2.50. The quantitative estimate of drug-likeness (QED) is 0.451. The lowest BCUT2D eigenvalue weighted by atomic mass is 9.84. The zero-order valence-corrected chi connectivity index (χ0v) is 18.4. The van der Waals surface area contributed by atoms with Gasteiger partial charge in [0.15, 0.2) is 9.84 Å². The van der Waals surface area contributed by atoms with Crippen LogP contribution in [0.4, 0.5) is 35.1 Å². The van der Waals surface area contributed by atoms with Gasteiger partial charge >= 0.3 is 18.0 Å². The molecule has 1 saturated heterocycles. The van der Waals surface area contributed by atoms with E-state index >= 15 is 0 Å². The highest BCUT2D eigenvalue weighted by Gasteiger charge is 2.73. The molecular formula is C22H17F8NO3S. The SMILES string of the molecule is O=C1C[C@]2(S(=O)(=O)c3ccc(F)cc3)c3ccc(C(F)(C(F)(F)F)C(F)(F)F)cc3CCC[C@@H]2N1. The Kier molecular flexibility index (Phi) is 5.73. The highest BCUT2D eigenvalue weighted by atomic mass is 32.2. The number of rotatable bonds is 3. The second-order valence-corrected chi connectivity index (χ2v) is 10.8. The molecule has 4 rings (SSSR count). The summed E-state index contributed by atoms with van der Waals surface area (Å²) in [5.41, 5.74) is -7.87. The average molecular weight is 527 g/mol. The van der Waals surface area contributed by atoms with Gasteiger partial charge in [-0.1, -0.05) is 18.2 Å². The first-order valence-corrected chi connectivity index (χ1v) is 11.8. The van der Waals surface area contributed by atoms with Gasteiger partial charge in [-0.2, -0.15) is 26.3 Å². The molecule has 1 heterocycles. The van der Waals surface area contributed by atoms with Crippen molar-refractivity contribution in [3.05, 3.63) is 65.0 Å². The van der Waals surface area contributed by atoms with Gasteiger partial charge < -0.3 is 5.32 Å². The van der Waals surface area contributed by atoms with E-state index in [1.807, 2.05) is 0 Å². The fraction of sp³-hybridized carbons (Fsp3) is 0.409. The Bertz CT molecular complexity index is 1260. The zero-order valence-electron chi connectivity index (χ0n) is 17.6. The second-order valence-electron chi connectivity index (χ2n) is 8.56. The summed E-state index contributed by atoms with van der Waals surface area (Å²) >= 11 is 0. The minimum absolute atomic E-state index is 0.0372. The van der Waals surface area contributed by atoms with Crippen LogP contribution in [0.25, 0.3) is 0 Å². The molecule has 0 saturated carbocycles. The first-order chi connectivity index (χ1) is 16.1. The van der Waals surface area contributed by atoms with Gasteiger partial charge in [-0.3, -0.25) is 4.79 Å². The van der Waals surface area contributed by atoms with E-state index in [4.69, 9.17) is 0 Å². The Hall–Kier alpha value is -2.70. The summed E-state index contributed by atoms with van der Waals surface area (Å²) in [6.45, 7) is 0. The van der Waals surface area contributed by atoms with Gasteiger partial charge in [0.25, 0.3) is 0 Å². The van der Waals surface area contributed by atoms with Crippen LogP contribution >= 0.6 is 0 Å². The molecule has 1 aliphatic heterocycles. The number of aryl methyl sites for hydroxylation is 1. The largest absolute Gasteiger partial charge is 0.435 e. The van der Waals surface area contributed by atoms with Gasteiger partial charge in [0.2, 0.25) is 5.91 Å². The van der Waals surface area contributed by atoms with Crippen molar-refractivity contribution in [3.63, 3.8) is 0 Å². The molecule has 1 aliphatic carbocycles. The van der Waals surface area contributed by atoms with Crippen LogP contribution in [0, 0.1) is 5.82 Å². The zero-order chi connectivity index (χ0) is 26.0. The number of hydrogen-bond donors (Lipinski definition) is 1. The monoisotopic (exact) mass is 527 g/mol. The van der Waals surface area contributed by atoms with Crippen molar-refractivity contribution in [2.45, 2.75) is 59.4 Å². The van der Waals surface area contributed by atoms with Gasteiger partial charge in [0, 0.05) is 5.56 Å². The maximum atomic E-state index is 14.7. The minimum Gasteiger partial charge on any atom is -0.351 e. The van der Waals surface area contributed by atoms with E-state index in [0.717, 1.165) is 30.3 Å². The van der Waals surface area contributed by atoms with E-state index in [0.29, 0.717) is 6.07 Å². The number of benzene rings is 2. The Balaban J connectivity index is 1.98. The number of amides is 1. The van der Waals surface area contributed by atoms with E-state index < -0.39 is 62.4 Å². The summed E-state index contributed by atoms with van der Waals surface area (Å²) < 4.78 is 133. The lowest BCUT2D eigenvalue weighted by molar-refractivity contribution is -0.348. The summed E-state index contributed by atoms with van der Waals surface area (Å²) in [7, 11) is -4.54. The Morgan fingerprint density at radius 3 is 2.09 bits per heavy atom. The standard InChI is InChI=1S/C22H17F8NO3S/c23-14-5-7-15(8-6-14)35(33,34)19-11-18(32)31-17(19)3-1-2-12-10-13(4-9-16(12)19)20(24,21(25,26)27)22(28,29)30/h4-10,17H,1-3,11H2,(H,31,32)/t17-,19-/m0/s1. The van der Waals surface area contributed by atoms with Crippen LogP contribution < -0.4 is 5.32 Å². The fourth-order valence-electron chi connectivity index (χ4n) is 4.98. The summed E-state index contributed by atoms with van der Waals surface area (Å²) in [5, 5.41) is 2.53. The summed E-state index contributed by atoms with van der Waals surface area (Å²) in [4.78, 5) is 12.0. The van der Waals surface area contributed by atoms with Gasteiger partial charge in [-0.05, 0) is 54.7 Å². The normalized spacial score (nSPS) is 23.3. The first kappa shape index (κ1) is 25.4. The number of hydrogen-bond acceptors (Lipinski definition) is 3. The minimum atomic E-state index is -6.34. The van der Waals surface area contributed by atoms with Crippen molar-refractivity contribution in [3.8, 4) is 0 Å². The molecule has 2 atom stereocenters. The molecule has 2 aliphatic rings. The van der Waals surface area contributed by atoms with Crippen molar-refractivity contribution in [2.75, 3.05) is 0 Å². The molecular weight excluding hydrogens is 510 g/mol. The van der Waals surface area contributed by atoms with Gasteiger partial charge in [0.1, 0.15) is 10.6 Å². The highest BCUT2D eigenvalue weighted by Crippen LogP contribution is 2.55. The van der Waals surface area contributed by atoms with E-state index in [1.165, 1.54) is 0 Å². The smallest absolute Gasteiger partial charge is 0.351 e. The Labute approximate surface area is 194 Å². The van der Waals surface area contributed by atoms with Crippen LogP contribution in [0.1, 0.15) is 36.0 Å². The van der Waals surface area contributed by atoms with Crippen molar-refractivity contribution < 1.29 is 48.3 Å². The Morgan fingerprint density at radius 1 is 0.914 bits per heavy atom. The molecule has 1 N–H and O–H groups in total. The maximum Gasteiger partial charge on any atom is 0.435 e. The van der Waals surface area contributed by atoms with Gasteiger partial charge in [-0.25, -0.2) is 17.2 Å². The molecule has 0 unspecified atom stereocenters. The van der Waals surface area contributed by atoms with Crippen LogP contribution in [0.5, 0.6) is 0 Å². The molecule has 1 fully saturated rings. The third kappa shape index (κ3) is 3.61. The highest BCUT2D eigenvalue weighted by molar-refractivity contribution is 7.92.